The molecule has 0 aliphatic heterocycles. The average Bonchev–Trinajstić information content (AvgIpc) is 2.42. The van der Waals surface area contributed by atoms with Gasteiger partial charge in [-0.2, -0.15) is 0 Å². The van der Waals surface area contributed by atoms with Gasteiger partial charge in [0.1, 0.15) is 0 Å². The molecule has 0 fully saturated rings. The lowest BCUT2D eigenvalue weighted by molar-refractivity contribution is -0.115. The van der Waals surface area contributed by atoms with E-state index in [0.29, 0.717) is 0 Å². The smallest absolute Gasteiger partial charge is 0.214 e. The SMILES string of the molecule is CC(N)=O.CCCCC(C)CCCC.Cc1cccc(S)c1. The van der Waals surface area contributed by atoms with E-state index in [1.54, 1.807) is 0 Å². The molecule has 1 aromatic rings. The van der Waals surface area contributed by atoms with Crippen molar-refractivity contribution in [2.24, 2.45) is 11.7 Å². The van der Waals surface area contributed by atoms with E-state index in [0.717, 1.165) is 10.8 Å². The molecule has 0 saturated heterocycles. The van der Waals surface area contributed by atoms with E-state index in [4.69, 9.17) is 0 Å². The molecule has 0 aliphatic rings. The van der Waals surface area contributed by atoms with Crippen LogP contribution in [0.3, 0.4) is 0 Å². The molecule has 0 bridgehead atoms. The summed E-state index contributed by atoms with van der Waals surface area (Å²) in [6, 6.07) is 8.05. The first-order chi connectivity index (χ1) is 10.3. The number of aryl methyl sites for hydroxylation is 1. The largest absolute Gasteiger partial charge is 0.370 e. The molecule has 1 aromatic carbocycles. The highest BCUT2D eigenvalue weighted by Crippen LogP contribution is 2.14. The van der Waals surface area contributed by atoms with Crippen molar-refractivity contribution in [1.82, 2.24) is 0 Å². The lowest BCUT2D eigenvalue weighted by Crippen LogP contribution is -2.01. The molecule has 0 atom stereocenters. The minimum absolute atomic E-state index is 0.333. The highest BCUT2D eigenvalue weighted by molar-refractivity contribution is 7.80. The number of hydrogen-bond acceptors (Lipinski definition) is 2. The number of primary amides is 1. The summed E-state index contributed by atoms with van der Waals surface area (Å²) in [6.45, 7) is 10.3. The Hall–Kier alpha value is -0.960. The molecule has 1 amide bonds. The Morgan fingerprint density at radius 1 is 1.18 bits per heavy atom. The Balaban J connectivity index is 0. The molecule has 0 heterocycles. The number of thiol groups is 1. The van der Waals surface area contributed by atoms with Gasteiger partial charge in [0, 0.05) is 11.8 Å². The molecule has 0 spiro atoms. The second-order valence-corrected chi connectivity index (χ2v) is 6.36. The van der Waals surface area contributed by atoms with Gasteiger partial charge in [-0.25, -0.2) is 0 Å². The predicted octanol–water partition coefficient (Wildman–Crippen LogP) is 5.78. The molecule has 2 N–H and O–H groups in total. The van der Waals surface area contributed by atoms with E-state index in [-0.39, 0.29) is 5.91 Å². The molecule has 0 saturated carbocycles. The van der Waals surface area contributed by atoms with Gasteiger partial charge in [0.15, 0.2) is 0 Å². The maximum atomic E-state index is 9.22. The zero-order chi connectivity index (χ0) is 17.4. The van der Waals surface area contributed by atoms with Crippen LogP contribution in [0.1, 0.15) is 71.8 Å². The molecule has 3 heteroatoms. The quantitative estimate of drug-likeness (QED) is 0.640. The predicted molar refractivity (Wildman–Crippen MR) is 102 cm³/mol. The topological polar surface area (TPSA) is 43.1 Å². The van der Waals surface area contributed by atoms with Crippen molar-refractivity contribution < 1.29 is 4.79 Å². The van der Waals surface area contributed by atoms with Crippen molar-refractivity contribution in [3.05, 3.63) is 29.8 Å². The number of hydrogen-bond donors (Lipinski definition) is 2. The number of benzene rings is 1. The lowest BCUT2D eigenvalue weighted by atomic mass is 9.98. The van der Waals surface area contributed by atoms with E-state index in [2.05, 4.69) is 52.1 Å². The Bertz CT molecular complexity index is 350. The number of nitrogens with two attached hydrogens (primary N) is 1. The fourth-order valence-corrected chi connectivity index (χ4v) is 2.17. The Morgan fingerprint density at radius 2 is 1.64 bits per heavy atom. The number of amides is 1. The maximum Gasteiger partial charge on any atom is 0.214 e. The number of carbonyl (C=O) groups excluding carboxylic acids is 1. The van der Waals surface area contributed by atoms with Gasteiger partial charge in [-0.15, -0.1) is 12.6 Å². The second-order valence-electron chi connectivity index (χ2n) is 5.84. The molecular weight excluding hydrogens is 290 g/mol. The van der Waals surface area contributed by atoms with Crippen LogP contribution >= 0.6 is 12.6 Å². The zero-order valence-corrected chi connectivity index (χ0v) is 16.0. The van der Waals surface area contributed by atoms with Crippen LogP contribution in [0.15, 0.2) is 29.2 Å². The minimum Gasteiger partial charge on any atom is -0.370 e. The molecular formula is C19H35NOS. The van der Waals surface area contributed by atoms with Crippen molar-refractivity contribution in [3.8, 4) is 0 Å². The van der Waals surface area contributed by atoms with E-state index in [1.165, 1.54) is 51.0 Å². The van der Waals surface area contributed by atoms with E-state index < -0.39 is 0 Å². The summed E-state index contributed by atoms with van der Waals surface area (Å²) in [5, 5.41) is 0. The van der Waals surface area contributed by atoms with Crippen molar-refractivity contribution >= 4 is 18.5 Å². The molecule has 0 radical (unpaired) electrons. The zero-order valence-electron chi connectivity index (χ0n) is 15.1. The molecule has 0 aromatic heterocycles. The van der Waals surface area contributed by atoms with Gasteiger partial charge in [-0.3, -0.25) is 4.79 Å². The van der Waals surface area contributed by atoms with Crippen LogP contribution in [-0.4, -0.2) is 5.91 Å². The summed E-state index contributed by atoms with van der Waals surface area (Å²) in [6.07, 6.45) is 8.44. The summed E-state index contributed by atoms with van der Waals surface area (Å²) in [7, 11) is 0. The molecule has 22 heavy (non-hydrogen) atoms. The maximum absolute atomic E-state index is 9.22. The number of rotatable bonds is 6. The molecule has 0 aliphatic carbocycles. The first kappa shape index (κ1) is 23.3. The Labute approximate surface area is 143 Å². The minimum atomic E-state index is -0.333. The Morgan fingerprint density at radius 3 is 1.91 bits per heavy atom. The molecule has 128 valence electrons. The van der Waals surface area contributed by atoms with Gasteiger partial charge in [-0.1, -0.05) is 77.0 Å². The standard InChI is InChI=1S/C10H22.C7H8S.C2H5NO/c1-4-6-8-10(3)9-7-5-2;1-6-3-2-4-7(8)5-6;1-2(3)4/h10H,4-9H2,1-3H3;2-5,8H,1H3;1H3,(H2,3,4). The fraction of sp³-hybridized carbons (Fsp3) is 0.632. The average molecular weight is 326 g/mol. The summed E-state index contributed by atoms with van der Waals surface area (Å²) in [5.41, 5.74) is 5.73. The Kier molecular flexibility index (Phi) is 17.4. The van der Waals surface area contributed by atoms with E-state index in [9.17, 15) is 4.79 Å². The third-order valence-electron chi connectivity index (χ3n) is 3.10. The van der Waals surface area contributed by atoms with Gasteiger partial charge in [0.05, 0.1) is 0 Å². The highest BCUT2D eigenvalue weighted by Gasteiger charge is 1.98. The second kappa shape index (κ2) is 16.4. The lowest BCUT2D eigenvalue weighted by Gasteiger charge is -2.08. The molecule has 0 unspecified atom stereocenters. The summed E-state index contributed by atoms with van der Waals surface area (Å²) < 4.78 is 0. The van der Waals surface area contributed by atoms with Gasteiger partial charge < -0.3 is 5.73 Å². The monoisotopic (exact) mass is 325 g/mol. The van der Waals surface area contributed by atoms with Gasteiger partial charge in [0.2, 0.25) is 5.91 Å². The van der Waals surface area contributed by atoms with Crippen LogP contribution in [0.25, 0.3) is 0 Å². The summed E-state index contributed by atoms with van der Waals surface area (Å²) in [4.78, 5) is 10.3. The third kappa shape index (κ3) is 21.3. The third-order valence-corrected chi connectivity index (χ3v) is 3.38. The summed E-state index contributed by atoms with van der Waals surface area (Å²) >= 11 is 4.15. The first-order valence-corrected chi connectivity index (χ1v) is 8.79. The van der Waals surface area contributed by atoms with Crippen molar-refractivity contribution in [2.75, 3.05) is 0 Å². The highest BCUT2D eigenvalue weighted by atomic mass is 32.1. The van der Waals surface area contributed by atoms with Crippen LogP contribution in [0, 0.1) is 12.8 Å². The normalized spacial score (nSPS) is 9.41. The van der Waals surface area contributed by atoms with Gasteiger partial charge >= 0.3 is 0 Å². The number of carbonyl (C=O) groups is 1. The molecule has 1 rings (SSSR count). The van der Waals surface area contributed by atoms with Crippen LogP contribution < -0.4 is 5.73 Å². The van der Waals surface area contributed by atoms with Crippen LogP contribution in [0.5, 0.6) is 0 Å². The van der Waals surface area contributed by atoms with Crippen LogP contribution in [-0.2, 0) is 4.79 Å². The van der Waals surface area contributed by atoms with Crippen molar-refractivity contribution in [3.63, 3.8) is 0 Å². The van der Waals surface area contributed by atoms with E-state index >= 15 is 0 Å². The first-order valence-electron chi connectivity index (χ1n) is 8.35. The van der Waals surface area contributed by atoms with Crippen LogP contribution in [0.4, 0.5) is 0 Å². The van der Waals surface area contributed by atoms with Crippen molar-refractivity contribution in [2.45, 2.75) is 78.0 Å². The van der Waals surface area contributed by atoms with E-state index in [1.807, 2.05) is 18.2 Å². The van der Waals surface area contributed by atoms with Gasteiger partial charge in [0.25, 0.3) is 0 Å². The van der Waals surface area contributed by atoms with Gasteiger partial charge in [-0.05, 0) is 25.0 Å². The van der Waals surface area contributed by atoms with Crippen LogP contribution in [0.2, 0.25) is 0 Å². The summed E-state index contributed by atoms with van der Waals surface area (Å²) in [5.74, 6) is 0.639. The van der Waals surface area contributed by atoms with Crippen molar-refractivity contribution in [1.29, 1.82) is 0 Å². The molecule has 2 nitrogen and oxygen atoms in total. The number of unbranched alkanes of at least 4 members (excludes halogenated alkanes) is 2. The fourth-order valence-electron chi connectivity index (χ4n) is 1.88.